The van der Waals surface area contributed by atoms with Crippen molar-refractivity contribution in [1.82, 2.24) is 4.98 Å². The van der Waals surface area contributed by atoms with Crippen molar-refractivity contribution in [3.63, 3.8) is 0 Å². The van der Waals surface area contributed by atoms with Crippen molar-refractivity contribution in [3.8, 4) is 22.3 Å². The Kier molecular flexibility index (Phi) is 5.54. The normalized spacial score (nSPS) is 13.3. The highest BCUT2D eigenvalue weighted by molar-refractivity contribution is 6.25. The van der Waals surface area contributed by atoms with Gasteiger partial charge >= 0.3 is 0 Å². The Labute approximate surface area is 262 Å². The zero-order chi connectivity index (χ0) is 30.1. The van der Waals surface area contributed by atoms with E-state index >= 15 is 0 Å². The average Bonchev–Trinajstić information content (AvgIpc) is 3.58. The number of pyridine rings is 1. The van der Waals surface area contributed by atoms with Crippen LogP contribution < -0.4 is 4.90 Å². The van der Waals surface area contributed by atoms with Crippen molar-refractivity contribution in [2.24, 2.45) is 0 Å². The maximum atomic E-state index is 6.69. The Hall–Kier alpha value is -5.67. The van der Waals surface area contributed by atoms with Crippen LogP contribution in [0.1, 0.15) is 25.0 Å². The highest BCUT2D eigenvalue weighted by Crippen LogP contribution is 2.52. The summed E-state index contributed by atoms with van der Waals surface area (Å²) < 4.78 is 6.69. The van der Waals surface area contributed by atoms with Crippen molar-refractivity contribution in [1.29, 1.82) is 0 Å². The van der Waals surface area contributed by atoms with E-state index in [1.807, 2.05) is 18.5 Å². The molecule has 8 aromatic rings. The van der Waals surface area contributed by atoms with Gasteiger partial charge in [0.15, 0.2) is 0 Å². The molecule has 0 bridgehead atoms. The van der Waals surface area contributed by atoms with Crippen LogP contribution in [0, 0.1) is 0 Å². The van der Waals surface area contributed by atoms with Gasteiger partial charge in [-0.15, -0.1) is 0 Å². The van der Waals surface area contributed by atoms with Crippen molar-refractivity contribution in [3.05, 3.63) is 157 Å². The van der Waals surface area contributed by atoms with Crippen molar-refractivity contribution in [2.75, 3.05) is 4.90 Å². The van der Waals surface area contributed by atoms with Gasteiger partial charge < -0.3 is 9.32 Å². The Morgan fingerprint density at radius 1 is 0.556 bits per heavy atom. The fourth-order valence-electron chi connectivity index (χ4n) is 7.45. The summed E-state index contributed by atoms with van der Waals surface area (Å²) in [5, 5.41) is 4.57. The van der Waals surface area contributed by atoms with Crippen LogP contribution in [0.3, 0.4) is 0 Å². The molecule has 0 saturated carbocycles. The lowest BCUT2D eigenvalue weighted by atomic mass is 9.82. The predicted molar refractivity (Wildman–Crippen MR) is 187 cm³/mol. The number of benzene rings is 6. The molecule has 0 aliphatic heterocycles. The van der Waals surface area contributed by atoms with Gasteiger partial charge in [0.2, 0.25) is 0 Å². The molecule has 0 amide bonds. The summed E-state index contributed by atoms with van der Waals surface area (Å²) in [7, 11) is 0. The first kappa shape index (κ1) is 25.8. The Balaban J connectivity index is 1.33. The largest absolute Gasteiger partial charge is 0.456 e. The highest BCUT2D eigenvalue weighted by atomic mass is 16.3. The molecule has 6 aromatic carbocycles. The van der Waals surface area contributed by atoms with Crippen LogP contribution in [0.4, 0.5) is 17.1 Å². The van der Waals surface area contributed by atoms with Crippen LogP contribution in [-0.4, -0.2) is 4.98 Å². The minimum atomic E-state index is -0.0995. The monoisotopic (exact) mass is 578 g/mol. The van der Waals surface area contributed by atoms with E-state index in [-0.39, 0.29) is 5.41 Å². The Morgan fingerprint density at radius 2 is 1.31 bits per heavy atom. The molecule has 3 nitrogen and oxygen atoms in total. The maximum absolute atomic E-state index is 6.69. The van der Waals surface area contributed by atoms with E-state index in [0.717, 1.165) is 55.5 Å². The maximum Gasteiger partial charge on any atom is 0.138 e. The van der Waals surface area contributed by atoms with Crippen LogP contribution in [0.2, 0.25) is 0 Å². The van der Waals surface area contributed by atoms with Crippen LogP contribution in [-0.2, 0) is 5.41 Å². The van der Waals surface area contributed by atoms with Gasteiger partial charge in [0.1, 0.15) is 11.2 Å². The van der Waals surface area contributed by atoms with E-state index in [4.69, 9.17) is 4.42 Å². The van der Waals surface area contributed by atoms with Gasteiger partial charge in [0, 0.05) is 57.0 Å². The van der Waals surface area contributed by atoms with Crippen molar-refractivity contribution < 1.29 is 4.42 Å². The van der Waals surface area contributed by atoms with Crippen LogP contribution in [0.25, 0.3) is 55.0 Å². The number of hydrogen-bond donors (Lipinski definition) is 0. The second kappa shape index (κ2) is 9.67. The smallest absolute Gasteiger partial charge is 0.138 e. The number of fused-ring (bicyclic) bond motifs is 8. The summed E-state index contributed by atoms with van der Waals surface area (Å²) in [5.41, 5.74) is 12.5. The molecule has 1 aliphatic carbocycles. The van der Waals surface area contributed by atoms with Gasteiger partial charge in [0.05, 0.1) is 5.69 Å². The molecule has 214 valence electrons. The van der Waals surface area contributed by atoms with Gasteiger partial charge in [-0.1, -0.05) is 105 Å². The molecule has 1 aliphatic rings. The molecular weight excluding hydrogens is 548 g/mol. The van der Waals surface area contributed by atoms with E-state index in [0.29, 0.717) is 0 Å². The lowest BCUT2D eigenvalue weighted by Crippen LogP contribution is -2.16. The molecule has 9 rings (SSSR count). The standard InChI is InChI=1S/C42H30N2O/c1-42(2)35-19-9-8-15-31(35)32-22-21-29(24-36(32)42)44(28-13-4-3-5-14-28)37-25-39-41(34-17-7-6-16-33(34)37)40-30(18-10-20-38(40)45-39)27-12-11-23-43-26-27/h3-26H,1-2H3. The summed E-state index contributed by atoms with van der Waals surface area (Å²) in [6, 6.07) is 47.8. The molecule has 0 saturated heterocycles. The average molecular weight is 579 g/mol. The Morgan fingerprint density at radius 3 is 2.16 bits per heavy atom. The van der Waals surface area contributed by atoms with Gasteiger partial charge in [-0.05, 0) is 69.6 Å². The third kappa shape index (κ3) is 3.80. The molecule has 0 atom stereocenters. The first-order valence-corrected chi connectivity index (χ1v) is 15.5. The van der Waals surface area contributed by atoms with E-state index in [9.17, 15) is 0 Å². The fraction of sp³-hybridized carbons (Fsp3) is 0.0714. The predicted octanol–water partition coefficient (Wildman–Crippen LogP) is 11.6. The van der Waals surface area contributed by atoms with E-state index in [1.54, 1.807) is 0 Å². The molecule has 2 aromatic heterocycles. The quantitative estimate of drug-likeness (QED) is 0.208. The number of aromatic nitrogens is 1. The lowest BCUT2D eigenvalue weighted by molar-refractivity contribution is 0.660. The number of para-hydroxylation sites is 1. The molecule has 45 heavy (non-hydrogen) atoms. The van der Waals surface area contributed by atoms with Crippen LogP contribution >= 0.6 is 0 Å². The number of furan rings is 1. The van der Waals surface area contributed by atoms with Crippen LogP contribution in [0.15, 0.2) is 150 Å². The molecule has 0 fully saturated rings. The minimum Gasteiger partial charge on any atom is -0.456 e. The second-order valence-electron chi connectivity index (χ2n) is 12.4. The van der Waals surface area contributed by atoms with Crippen molar-refractivity contribution >= 4 is 49.8 Å². The zero-order valence-electron chi connectivity index (χ0n) is 25.2. The van der Waals surface area contributed by atoms with Crippen LogP contribution in [0.5, 0.6) is 0 Å². The van der Waals surface area contributed by atoms with E-state index in [2.05, 4.69) is 151 Å². The number of anilines is 3. The summed E-state index contributed by atoms with van der Waals surface area (Å²) in [4.78, 5) is 6.80. The lowest BCUT2D eigenvalue weighted by Gasteiger charge is -2.29. The number of rotatable bonds is 4. The molecule has 2 heterocycles. The van der Waals surface area contributed by atoms with Crippen molar-refractivity contribution in [2.45, 2.75) is 19.3 Å². The number of nitrogens with zero attached hydrogens (tertiary/aromatic N) is 2. The SMILES string of the molecule is CC1(C)c2ccccc2-c2ccc(N(c3ccccc3)c3cc4oc5cccc(-c6cccnc6)c5c4c4ccccc34)cc21. The topological polar surface area (TPSA) is 29.3 Å². The molecular formula is C42H30N2O. The third-order valence-corrected chi connectivity index (χ3v) is 9.54. The summed E-state index contributed by atoms with van der Waals surface area (Å²) in [6.07, 6.45) is 3.74. The van der Waals surface area contributed by atoms with Gasteiger partial charge in [0.25, 0.3) is 0 Å². The molecule has 0 spiro atoms. The summed E-state index contributed by atoms with van der Waals surface area (Å²) in [6.45, 7) is 4.67. The van der Waals surface area contributed by atoms with Gasteiger partial charge in [-0.2, -0.15) is 0 Å². The van der Waals surface area contributed by atoms with Gasteiger partial charge in [-0.25, -0.2) is 0 Å². The van der Waals surface area contributed by atoms with E-state index in [1.165, 1.54) is 27.6 Å². The molecule has 0 N–H and O–H groups in total. The summed E-state index contributed by atoms with van der Waals surface area (Å²) in [5.74, 6) is 0. The third-order valence-electron chi connectivity index (χ3n) is 9.54. The minimum absolute atomic E-state index is 0.0995. The Bertz CT molecular complexity index is 2400. The second-order valence-corrected chi connectivity index (χ2v) is 12.4. The van der Waals surface area contributed by atoms with Gasteiger partial charge in [-0.3, -0.25) is 4.98 Å². The zero-order valence-corrected chi connectivity index (χ0v) is 25.2. The molecule has 0 radical (unpaired) electrons. The summed E-state index contributed by atoms with van der Waals surface area (Å²) >= 11 is 0. The first-order chi connectivity index (χ1) is 22.1. The first-order valence-electron chi connectivity index (χ1n) is 15.5. The highest BCUT2D eigenvalue weighted by Gasteiger charge is 2.36. The number of hydrogen-bond acceptors (Lipinski definition) is 3. The molecule has 0 unspecified atom stereocenters. The van der Waals surface area contributed by atoms with E-state index < -0.39 is 0 Å². The fourth-order valence-corrected chi connectivity index (χ4v) is 7.45. The molecule has 3 heteroatoms.